The predicted octanol–water partition coefficient (Wildman–Crippen LogP) is 2.08. The molecule has 6 heteroatoms. The van der Waals surface area contributed by atoms with E-state index in [9.17, 15) is 8.42 Å². The van der Waals surface area contributed by atoms with Crippen LogP contribution in [0.1, 0.15) is 17.0 Å². The zero-order valence-electron chi connectivity index (χ0n) is 12.5. The summed E-state index contributed by atoms with van der Waals surface area (Å²) in [6.07, 6.45) is 0.908. The van der Waals surface area contributed by atoms with Gasteiger partial charge in [-0.25, -0.2) is 13.1 Å². The fourth-order valence-electron chi connectivity index (χ4n) is 3.09. The van der Waals surface area contributed by atoms with Gasteiger partial charge in [-0.1, -0.05) is 30.3 Å². The summed E-state index contributed by atoms with van der Waals surface area (Å²) >= 11 is 0. The van der Waals surface area contributed by atoms with Gasteiger partial charge in [-0.3, -0.25) is 0 Å². The van der Waals surface area contributed by atoms with E-state index in [0.29, 0.717) is 31.3 Å². The van der Waals surface area contributed by atoms with E-state index in [0.717, 1.165) is 6.42 Å². The molecule has 2 aromatic carbocycles. The van der Waals surface area contributed by atoms with Crippen LogP contribution in [0.2, 0.25) is 0 Å². The van der Waals surface area contributed by atoms with Crippen molar-refractivity contribution in [2.24, 2.45) is 0 Å². The minimum absolute atomic E-state index is 0.141. The van der Waals surface area contributed by atoms with Crippen LogP contribution in [0, 0.1) is 0 Å². The number of para-hydroxylation sites is 1. The van der Waals surface area contributed by atoms with E-state index in [2.05, 4.69) is 16.9 Å². The molecule has 0 bridgehead atoms. The number of nitrogens with one attached hydrogen (secondary N) is 1. The molecule has 0 radical (unpaired) electrons. The summed E-state index contributed by atoms with van der Waals surface area (Å²) in [5.74, 6) is 1.02. The highest BCUT2D eigenvalue weighted by molar-refractivity contribution is 7.89. The lowest BCUT2D eigenvalue weighted by Gasteiger charge is -2.30. The van der Waals surface area contributed by atoms with Crippen LogP contribution in [-0.4, -0.2) is 28.2 Å². The summed E-state index contributed by atoms with van der Waals surface area (Å²) in [5.41, 5.74) is 2.52. The Morgan fingerprint density at radius 2 is 1.87 bits per heavy atom. The lowest BCUT2D eigenvalue weighted by atomic mass is 9.78. The van der Waals surface area contributed by atoms with Gasteiger partial charge in [0.15, 0.2) is 11.5 Å². The molecule has 0 saturated heterocycles. The maximum atomic E-state index is 12.6. The lowest BCUT2D eigenvalue weighted by Crippen LogP contribution is -2.33. The highest BCUT2D eigenvalue weighted by Crippen LogP contribution is 2.37. The van der Waals surface area contributed by atoms with Gasteiger partial charge in [0.2, 0.25) is 10.0 Å². The fourth-order valence-corrected chi connectivity index (χ4v) is 4.33. The number of sulfonamides is 1. The third-order valence-electron chi connectivity index (χ3n) is 4.30. The van der Waals surface area contributed by atoms with Gasteiger partial charge in [0, 0.05) is 12.5 Å². The van der Waals surface area contributed by atoms with Crippen molar-refractivity contribution in [1.82, 2.24) is 4.72 Å². The second-order valence-electron chi connectivity index (χ2n) is 5.73. The molecule has 4 rings (SSSR count). The Morgan fingerprint density at radius 1 is 1.04 bits per heavy atom. The molecule has 2 aliphatic rings. The number of benzene rings is 2. The van der Waals surface area contributed by atoms with E-state index in [1.165, 1.54) is 11.1 Å². The molecule has 120 valence electrons. The molecule has 23 heavy (non-hydrogen) atoms. The lowest BCUT2D eigenvalue weighted by molar-refractivity contribution is 0.167. The SMILES string of the molecule is O=S(=O)(NCC1Cc2ccccc21)c1cccc2c1OCCO2. The minimum Gasteiger partial charge on any atom is -0.486 e. The van der Waals surface area contributed by atoms with Crippen LogP contribution in [0.5, 0.6) is 11.5 Å². The van der Waals surface area contributed by atoms with Crippen LogP contribution in [0.3, 0.4) is 0 Å². The first-order chi connectivity index (χ1) is 11.1. The summed E-state index contributed by atoms with van der Waals surface area (Å²) < 4.78 is 38.9. The highest BCUT2D eigenvalue weighted by Gasteiger charge is 2.29. The van der Waals surface area contributed by atoms with Crippen molar-refractivity contribution in [3.63, 3.8) is 0 Å². The van der Waals surface area contributed by atoms with Gasteiger partial charge in [0.1, 0.15) is 18.1 Å². The summed E-state index contributed by atoms with van der Waals surface area (Å²) in [5, 5.41) is 0. The van der Waals surface area contributed by atoms with E-state index in [-0.39, 0.29) is 10.8 Å². The monoisotopic (exact) mass is 331 g/mol. The van der Waals surface area contributed by atoms with Crippen molar-refractivity contribution in [2.45, 2.75) is 17.2 Å². The van der Waals surface area contributed by atoms with Crippen LogP contribution in [0.15, 0.2) is 47.4 Å². The molecule has 1 aliphatic heterocycles. The van der Waals surface area contributed by atoms with Crippen molar-refractivity contribution >= 4 is 10.0 Å². The number of hydrogen-bond acceptors (Lipinski definition) is 4. The molecule has 1 unspecified atom stereocenters. The molecule has 0 saturated carbocycles. The van der Waals surface area contributed by atoms with Crippen LogP contribution in [0.25, 0.3) is 0 Å². The Labute approximate surface area is 135 Å². The molecule has 1 N–H and O–H groups in total. The molecule has 2 aromatic rings. The number of ether oxygens (including phenoxy) is 2. The van der Waals surface area contributed by atoms with E-state index in [1.54, 1.807) is 18.2 Å². The van der Waals surface area contributed by atoms with Gasteiger partial charge < -0.3 is 9.47 Å². The van der Waals surface area contributed by atoms with Crippen molar-refractivity contribution in [2.75, 3.05) is 19.8 Å². The van der Waals surface area contributed by atoms with E-state index in [4.69, 9.17) is 9.47 Å². The minimum atomic E-state index is -3.63. The van der Waals surface area contributed by atoms with Crippen LogP contribution >= 0.6 is 0 Å². The van der Waals surface area contributed by atoms with Crippen LogP contribution in [0.4, 0.5) is 0 Å². The van der Waals surface area contributed by atoms with Crippen molar-refractivity contribution < 1.29 is 17.9 Å². The van der Waals surface area contributed by atoms with E-state index >= 15 is 0 Å². The van der Waals surface area contributed by atoms with E-state index in [1.807, 2.05) is 12.1 Å². The molecular formula is C17H17NO4S. The first-order valence-corrected chi connectivity index (χ1v) is 9.09. The molecule has 5 nitrogen and oxygen atoms in total. The maximum Gasteiger partial charge on any atom is 0.244 e. The average molecular weight is 331 g/mol. The highest BCUT2D eigenvalue weighted by atomic mass is 32.2. The average Bonchev–Trinajstić information content (AvgIpc) is 2.55. The Kier molecular flexibility index (Phi) is 3.50. The van der Waals surface area contributed by atoms with Crippen LogP contribution in [-0.2, 0) is 16.4 Å². The Hall–Kier alpha value is -2.05. The number of fused-ring (bicyclic) bond motifs is 2. The zero-order chi connectivity index (χ0) is 15.9. The zero-order valence-corrected chi connectivity index (χ0v) is 13.3. The third-order valence-corrected chi connectivity index (χ3v) is 5.75. The normalized spacial score (nSPS) is 18.9. The molecule has 0 fully saturated rings. The first-order valence-electron chi connectivity index (χ1n) is 7.61. The smallest absolute Gasteiger partial charge is 0.244 e. The Bertz CT molecular complexity index is 847. The number of rotatable bonds is 4. The van der Waals surface area contributed by atoms with Gasteiger partial charge in [-0.15, -0.1) is 0 Å². The fraction of sp³-hybridized carbons (Fsp3) is 0.294. The standard InChI is InChI=1S/C17H17NO4S/c19-23(20,16-7-3-6-15-17(16)22-9-8-21-15)18-11-13-10-12-4-1-2-5-14(12)13/h1-7,13,18H,8-11H2. The largest absolute Gasteiger partial charge is 0.486 e. The summed E-state index contributed by atoms with van der Waals surface area (Å²) in [4.78, 5) is 0.141. The molecular weight excluding hydrogens is 314 g/mol. The summed E-state index contributed by atoms with van der Waals surface area (Å²) in [6, 6.07) is 13.1. The van der Waals surface area contributed by atoms with Crippen molar-refractivity contribution in [3.05, 3.63) is 53.6 Å². The van der Waals surface area contributed by atoms with Gasteiger partial charge in [0.25, 0.3) is 0 Å². The second-order valence-corrected chi connectivity index (χ2v) is 7.47. The molecule has 0 spiro atoms. The predicted molar refractivity (Wildman–Crippen MR) is 85.5 cm³/mol. The third kappa shape index (κ3) is 2.58. The maximum absolute atomic E-state index is 12.6. The summed E-state index contributed by atoms with van der Waals surface area (Å²) in [7, 11) is -3.63. The molecule has 0 amide bonds. The van der Waals surface area contributed by atoms with Gasteiger partial charge in [0.05, 0.1) is 0 Å². The molecule has 1 aliphatic carbocycles. The molecule has 1 atom stereocenters. The quantitative estimate of drug-likeness (QED) is 0.931. The number of hydrogen-bond donors (Lipinski definition) is 1. The van der Waals surface area contributed by atoms with Crippen molar-refractivity contribution in [3.8, 4) is 11.5 Å². The molecule has 0 aromatic heterocycles. The topological polar surface area (TPSA) is 64.6 Å². The second kappa shape index (κ2) is 5.54. The molecule has 1 heterocycles. The first kappa shape index (κ1) is 14.5. The Balaban J connectivity index is 1.53. The summed E-state index contributed by atoms with van der Waals surface area (Å²) in [6.45, 7) is 1.18. The Morgan fingerprint density at radius 3 is 2.74 bits per heavy atom. The van der Waals surface area contributed by atoms with Crippen LogP contribution < -0.4 is 14.2 Å². The van der Waals surface area contributed by atoms with Gasteiger partial charge in [-0.2, -0.15) is 0 Å². The van der Waals surface area contributed by atoms with E-state index < -0.39 is 10.0 Å². The van der Waals surface area contributed by atoms with Gasteiger partial charge >= 0.3 is 0 Å². The van der Waals surface area contributed by atoms with Crippen molar-refractivity contribution in [1.29, 1.82) is 0 Å². The van der Waals surface area contributed by atoms with Gasteiger partial charge in [-0.05, 0) is 29.7 Å².